The average Bonchev–Trinajstić information content (AvgIpc) is 2.99. The van der Waals surface area contributed by atoms with Crippen LogP contribution in [0, 0.1) is 5.92 Å². The van der Waals surface area contributed by atoms with Crippen molar-refractivity contribution in [1.82, 2.24) is 15.5 Å². The smallest absolute Gasteiger partial charge is 0.325 e. The molecule has 1 saturated carbocycles. The maximum atomic E-state index is 12.4. The minimum Gasteiger partial charge on any atom is -0.353 e. The second kappa shape index (κ2) is 6.67. The van der Waals surface area contributed by atoms with E-state index in [1.54, 1.807) is 0 Å². The van der Waals surface area contributed by atoms with Crippen molar-refractivity contribution in [3.8, 4) is 0 Å². The second-order valence-electron chi connectivity index (χ2n) is 6.88. The molecule has 0 aromatic carbocycles. The summed E-state index contributed by atoms with van der Waals surface area (Å²) in [5, 5.41) is 5.78. The molecule has 6 nitrogen and oxygen atoms in total. The molecule has 2 fully saturated rings. The highest BCUT2D eigenvalue weighted by atomic mass is 16.2. The molecular weight excluding hydrogens is 282 g/mol. The number of hydrogen-bond acceptors (Lipinski definition) is 3. The zero-order valence-corrected chi connectivity index (χ0v) is 13.8. The number of carbonyl (C=O) groups is 3. The first-order chi connectivity index (χ1) is 10.4. The number of hydrogen-bond donors (Lipinski definition) is 2. The largest absolute Gasteiger partial charge is 0.353 e. The van der Waals surface area contributed by atoms with Crippen molar-refractivity contribution in [3.63, 3.8) is 0 Å². The summed E-state index contributed by atoms with van der Waals surface area (Å²) in [4.78, 5) is 37.5. The molecule has 2 N–H and O–H groups in total. The normalized spacial score (nSPS) is 21.5. The lowest BCUT2D eigenvalue weighted by Crippen LogP contribution is -2.44. The van der Waals surface area contributed by atoms with Crippen LogP contribution < -0.4 is 10.6 Å². The summed E-state index contributed by atoms with van der Waals surface area (Å²) in [6.45, 7) is 6.40. The van der Waals surface area contributed by atoms with E-state index in [1.807, 2.05) is 6.92 Å². The van der Waals surface area contributed by atoms with E-state index >= 15 is 0 Å². The highest BCUT2D eigenvalue weighted by Crippen LogP contribution is 2.35. The lowest BCUT2D eigenvalue weighted by atomic mass is 9.98. The Morgan fingerprint density at radius 2 is 1.91 bits per heavy atom. The van der Waals surface area contributed by atoms with Gasteiger partial charge in [-0.25, -0.2) is 4.79 Å². The fraction of sp³-hybridized carbons (Fsp3) is 0.812. The molecule has 124 valence electrons. The third-order valence-corrected chi connectivity index (χ3v) is 4.88. The first-order valence-corrected chi connectivity index (χ1v) is 8.29. The topological polar surface area (TPSA) is 78.5 Å². The van der Waals surface area contributed by atoms with Gasteiger partial charge < -0.3 is 10.6 Å². The van der Waals surface area contributed by atoms with Crippen LogP contribution in [0.2, 0.25) is 0 Å². The fourth-order valence-corrected chi connectivity index (χ4v) is 3.09. The minimum absolute atomic E-state index is 0.0242. The van der Waals surface area contributed by atoms with Gasteiger partial charge in [-0.2, -0.15) is 0 Å². The van der Waals surface area contributed by atoms with Crippen molar-refractivity contribution in [2.45, 2.75) is 70.9 Å². The molecule has 4 amide bonds. The molecule has 6 heteroatoms. The highest BCUT2D eigenvalue weighted by molar-refractivity contribution is 6.07. The van der Waals surface area contributed by atoms with Gasteiger partial charge in [-0.1, -0.05) is 26.7 Å². The molecule has 1 spiro atoms. The van der Waals surface area contributed by atoms with Crippen LogP contribution in [0.15, 0.2) is 0 Å². The van der Waals surface area contributed by atoms with Crippen molar-refractivity contribution in [3.05, 3.63) is 0 Å². The summed E-state index contributed by atoms with van der Waals surface area (Å²) in [5.74, 6) is 0.256. The molecule has 1 unspecified atom stereocenters. The van der Waals surface area contributed by atoms with Gasteiger partial charge in [0.2, 0.25) is 5.91 Å². The zero-order valence-electron chi connectivity index (χ0n) is 13.8. The molecule has 2 aliphatic rings. The number of rotatable bonds is 6. The third-order valence-electron chi connectivity index (χ3n) is 4.88. The Bertz CT molecular complexity index is 456. The van der Waals surface area contributed by atoms with E-state index in [4.69, 9.17) is 0 Å². The Morgan fingerprint density at radius 1 is 1.27 bits per heavy atom. The van der Waals surface area contributed by atoms with Crippen LogP contribution in [-0.2, 0) is 9.59 Å². The monoisotopic (exact) mass is 309 g/mol. The summed E-state index contributed by atoms with van der Waals surface area (Å²) in [6, 6.07) is -0.172. The number of amides is 4. The Balaban J connectivity index is 1.78. The molecule has 1 aliphatic heterocycles. The molecule has 0 radical (unpaired) electrons. The van der Waals surface area contributed by atoms with Gasteiger partial charge in [0.05, 0.1) is 0 Å². The predicted molar refractivity (Wildman–Crippen MR) is 83.1 cm³/mol. The second-order valence-corrected chi connectivity index (χ2v) is 6.88. The van der Waals surface area contributed by atoms with Gasteiger partial charge in [-0.3, -0.25) is 14.5 Å². The maximum Gasteiger partial charge on any atom is 0.325 e. The van der Waals surface area contributed by atoms with Crippen LogP contribution >= 0.6 is 0 Å². The quantitative estimate of drug-likeness (QED) is 0.734. The molecule has 1 saturated heterocycles. The lowest BCUT2D eigenvalue weighted by Gasteiger charge is -2.20. The summed E-state index contributed by atoms with van der Waals surface area (Å²) >= 11 is 0. The molecular formula is C16H27N3O3. The number of nitrogens with one attached hydrogen (secondary N) is 2. The number of urea groups is 1. The summed E-state index contributed by atoms with van der Waals surface area (Å²) in [6.07, 6.45) is 4.28. The molecule has 1 atom stereocenters. The lowest BCUT2D eigenvalue weighted by molar-refractivity contribution is -0.131. The summed E-state index contributed by atoms with van der Waals surface area (Å²) < 4.78 is 0. The van der Waals surface area contributed by atoms with Crippen molar-refractivity contribution in [2.24, 2.45) is 5.92 Å². The minimum atomic E-state index is -0.647. The number of nitrogens with zero attached hydrogens (tertiary/aromatic N) is 1. The van der Waals surface area contributed by atoms with Gasteiger partial charge >= 0.3 is 6.03 Å². The van der Waals surface area contributed by atoms with Crippen molar-refractivity contribution in [1.29, 1.82) is 0 Å². The third kappa shape index (κ3) is 3.42. The van der Waals surface area contributed by atoms with Crippen LogP contribution in [0.3, 0.4) is 0 Å². The molecule has 22 heavy (non-hydrogen) atoms. The highest BCUT2D eigenvalue weighted by Gasteiger charge is 2.51. The summed E-state index contributed by atoms with van der Waals surface area (Å²) in [5.41, 5.74) is -0.647. The van der Waals surface area contributed by atoms with Crippen LogP contribution in [0.5, 0.6) is 0 Å². The van der Waals surface area contributed by atoms with Crippen molar-refractivity contribution in [2.75, 3.05) is 6.54 Å². The van der Waals surface area contributed by atoms with E-state index in [1.165, 1.54) is 4.90 Å². The van der Waals surface area contributed by atoms with Gasteiger partial charge in [0.1, 0.15) is 5.54 Å². The van der Waals surface area contributed by atoms with Gasteiger partial charge in [0.15, 0.2) is 0 Å². The van der Waals surface area contributed by atoms with E-state index in [-0.39, 0.29) is 23.9 Å². The van der Waals surface area contributed by atoms with E-state index < -0.39 is 5.54 Å². The Kier molecular flexibility index (Phi) is 5.08. The van der Waals surface area contributed by atoms with E-state index in [9.17, 15) is 14.4 Å². The van der Waals surface area contributed by atoms with E-state index in [0.29, 0.717) is 25.3 Å². The molecule has 0 bridgehead atoms. The van der Waals surface area contributed by atoms with Gasteiger partial charge in [-0.15, -0.1) is 0 Å². The van der Waals surface area contributed by atoms with Gasteiger partial charge in [0, 0.05) is 19.0 Å². The number of carbonyl (C=O) groups excluding carboxylic acids is 3. The Morgan fingerprint density at radius 3 is 2.50 bits per heavy atom. The molecule has 1 heterocycles. The maximum absolute atomic E-state index is 12.4. The van der Waals surface area contributed by atoms with Crippen molar-refractivity contribution >= 4 is 17.8 Å². The first kappa shape index (κ1) is 16.8. The van der Waals surface area contributed by atoms with E-state index in [2.05, 4.69) is 24.5 Å². The van der Waals surface area contributed by atoms with Crippen LogP contribution in [0.25, 0.3) is 0 Å². The van der Waals surface area contributed by atoms with Crippen LogP contribution in [-0.4, -0.2) is 40.9 Å². The average molecular weight is 309 g/mol. The predicted octanol–water partition coefficient (Wildman–Crippen LogP) is 1.79. The van der Waals surface area contributed by atoms with Gasteiger partial charge in [0.25, 0.3) is 5.91 Å². The molecule has 1 aliphatic carbocycles. The number of imide groups is 1. The fourth-order valence-electron chi connectivity index (χ4n) is 3.09. The standard InChI is InChI=1S/C16H27N3O3/c1-11(2)12(3)17-13(20)7-6-10-19-14(21)16(18-15(19)22)8-4-5-9-16/h11-12H,4-10H2,1-3H3,(H,17,20)(H,18,22). The SMILES string of the molecule is CC(C)C(C)NC(=O)CCCN1C(=O)NC2(CCCC2)C1=O. The Hall–Kier alpha value is -1.59. The van der Waals surface area contributed by atoms with Gasteiger partial charge in [-0.05, 0) is 32.1 Å². The summed E-state index contributed by atoms with van der Waals surface area (Å²) in [7, 11) is 0. The van der Waals surface area contributed by atoms with Crippen LogP contribution in [0.1, 0.15) is 59.3 Å². The van der Waals surface area contributed by atoms with Crippen molar-refractivity contribution < 1.29 is 14.4 Å². The Labute approximate surface area is 132 Å². The molecule has 0 aromatic rings. The molecule has 2 rings (SSSR count). The first-order valence-electron chi connectivity index (χ1n) is 8.29. The zero-order chi connectivity index (χ0) is 16.3. The van der Waals surface area contributed by atoms with E-state index in [0.717, 1.165) is 25.7 Å². The molecule has 0 aromatic heterocycles. The van der Waals surface area contributed by atoms with Crippen LogP contribution in [0.4, 0.5) is 4.79 Å².